The van der Waals surface area contributed by atoms with Crippen LogP contribution in [-0.4, -0.2) is 34.7 Å². The molecule has 2 heterocycles. The standard InChI is InChI=1S/C18H16ClFN4O3/c1-11-15(16(19)24(23-11)13-6-4-12(20)5-7-13)18(26)22-9-8-21-17(25)14-3-2-10-27-14/h2-7,10H,8-9H2,1H3,(H,21,25)(H,22,26). The van der Waals surface area contributed by atoms with Gasteiger partial charge in [0.05, 0.1) is 23.2 Å². The third kappa shape index (κ3) is 4.17. The molecule has 0 unspecified atom stereocenters. The fourth-order valence-corrected chi connectivity index (χ4v) is 2.80. The highest BCUT2D eigenvalue weighted by atomic mass is 35.5. The van der Waals surface area contributed by atoms with Crippen molar-refractivity contribution >= 4 is 23.4 Å². The van der Waals surface area contributed by atoms with E-state index in [1.54, 1.807) is 19.1 Å². The predicted octanol–water partition coefficient (Wildman–Crippen LogP) is 2.73. The molecular weight excluding hydrogens is 375 g/mol. The molecule has 2 aromatic heterocycles. The van der Waals surface area contributed by atoms with Crippen molar-refractivity contribution in [3.63, 3.8) is 0 Å². The molecule has 1 aromatic carbocycles. The Kier molecular flexibility index (Phi) is 5.56. The summed E-state index contributed by atoms with van der Waals surface area (Å²) in [5.74, 6) is -0.972. The maximum absolute atomic E-state index is 13.1. The highest BCUT2D eigenvalue weighted by Gasteiger charge is 2.21. The van der Waals surface area contributed by atoms with Crippen LogP contribution in [0.4, 0.5) is 4.39 Å². The van der Waals surface area contributed by atoms with Crippen LogP contribution in [0, 0.1) is 12.7 Å². The lowest BCUT2D eigenvalue weighted by Crippen LogP contribution is -2.34. The van der Waals surface area contributed by atoms with E-state index in [-0.39, 0.29) is 41.3 Å². The molecule has 9 heteroatoms. The van der Waals surface area contributed by atoms with Crippen molar-refractivity contribution < 1.29 is 18.4 Å². The molecule has 3 aromatic rings. The van der Waals surface area contributed by atoms with Gasteiger partial charge in [0, 0.05) is 13.1 Å². The van der Waals surface area contributed by atoms with Gasteiger partial charge < -0.3 is 15.1 Å². The molecule has 0 aliphatic rings. The Hall–Kier alpha value is -3.13. The largest absolute Gasteiger partial charge is 0.459 e. The summed E-state index contributed by atoms with van der Waals surface area (Å²) in [6.45, 7) is 2.07. The number of carbonyl (C=O) groups excluding carboxylic acids is 2. The highest BCUT2D eigenvalue weighted by molar-refractivity contribution is 6.33. The van der Waals surface area contributed by atoms with Gasteiger partial charge in [0.2, 0.25) is 0 Å². The first-order valence-electron chi connectivity index (χ1n) is 8.08. The number of aromatic nitrogens is 2. The van der Waals surface area contributed by atoms with E-state index >= 15 is 0 Å². The normalized spacial score (nSPS) is 10.6. The second-order valence-corrected chi connectivity index (χ2v) is 5.99. The van der Waals surface area contributed by atoms with Crippen LogP contribution in [-0.2, 0) is 0 Å². The molecule has 0 aliphatic heterocycles. The van der Waals surface area contributed by atoms with E-state index in [2.05, 4.69) is 15.7 Å². The Morgan fingerprint density at radius 1 is 1.15 bits per heavy atom. The Morgan fingerprint density at radius 2 is 1.81 bits per heavy atom. The summed E-state index contributed by atoms with van der Waals surface area (Å²) in [6.07, 6.45) is 1.40. The summed E-state index contributed by atoms with van der Waals surface area (Å²) >= 11 is 6.29. The van der Waals surface area contributed by atoms with Gasteiger partial charge >= 0.3 is 0 Å². The number of nitrogens with zero attached hydrogens (tertiary/aromatic N) is 2. The molecule has 7 nitrogen and oxygen atoms in total. The van der Waals surface area contributed by atoms with Gasteiger partial charge in [-0.15, -0.1) is 0 Å². The minimum absolute atomic E-state index is 0.122. The Balaban J connectivity index is 1.61. The van der Waals surface area contributed by atoms with Crippen molar-refractivity contribution in [2.45, 2.75) is 6.92 Å². The zero-order valence-corrected chi connectivity index (χ0v) is 15.1. The molecule has 0 aliphatic carbocycles. The molecule has 140 valence electrons. The minimum atomic E-state index is -0.418. The minimum Gasteiger partial charge on any atom is -0.459 e. The molecule has 0 radical (unpaired) electrons. The molecule has 27 heavy (non-hydrogen) atoms. The van der Waals surface area contributed by atoms with Crippen LogP contribution in [0.15, 0.2) is 47.1 Å². The first-order chi connectivity index (χ1) is 13.0. The van der Waals surface area contributed by atoms with Crippen molar-refractivity contribution in [2.75, 3.05) is 13.1 Å². The van der Waals surface area contributed by atoms with Crippen LogP contribution in [0.5, 0.6) is 0 Å². The van der Waals surface area contributed by atoms with Crippen LogP contribution in [0.2, 0.25) is 5.15 Å². The summed E-state index contributed by atoms with van der Waals surface area (Å²) < 4.78 is 19.4. The van der Waals surface area contributed by atoms with Crippen LogP contribution in [0.3, 0.4) is 0 Å². The summed E-state index contributed by atoms with van der Waals surface area (Å²) in [7, 11) is 0. The average molecular weight is 391 g/mol. The number of aryl methyl sites for hydroxylation is 1. The monoisotopic (exact) mass is 390 g/mol. The molecule has 2 amide bonds. The van der Waals surface area contributed by atoms with Gasteiger partial charge in [-0.2, -0.15) is 5.10 Å². The van der Waals surface area contributed by atoms with Crippen LogP contribution >= 0.6 is 11.6 Å². The van der Waals surface area contributed by atoms with Gasteiger partial charge in [-0.25, -0.2) is 9.07 Å². The maximum atomic E-state index is 13.1. The number of carbonyl (C=O) groups is 2. The predicted molar refractivity (Wildman–Crippen MR) is 96.6 cm³/mol. The van der Waals surface area contributed by atoms with Crippen molar-refractivity contribution in [2.24, 2.45) is 0 Å². The number of nitrogens with one attached hydrogen (secondary N) is 2. The van der Waals surface area contributed by atoms with Crippen molar-refractivity contribution in [1.82, 2.24) is 20.4 Å². The van der Waals surface area contributed by atoms with E-state index in [0.717, 1.165) is 0 Å². The number of benzene rings is 1. The third-order valence-electron chi connectivity index (χ3n) is 3.74. The molecule has 2 N–H and O–H groups in total. The number of amides is 2. The van der Waals surface area contributed by atoms with Gasteiger partial charge in [-0.05, 0) is 43.3 Å². The topological polar surface area (TPSA) is 89.2 Å². The van der Waals surface area contributed by atoms with Gasteiger partial charge in [0.1, 0.15) is 11.0 Å². The van der Waals surface area contributed by atoms with E-state index in [1.807, 2.05) is 0 Å². The summed E-state index contributed by atoms with van der Waals surface area (Å²) in [5, 5.41) is 9.66. The van der Waals surface area contributed by atoms with E-state index in [4.69, 9.17) is 16.0 Å². The smallest absolute Gasteiger partial charge is 0.287 e. The first-order valence-corrected chi connectivity index (χ1v) is 8.46. The zero-order chi connectivity index (χ0) is 19.4. The number of hydrogen-bond acceptors (Lipinski definition) is 4. The molecule has 0 spiro atoms. The fraction of sp³-hybridized carbons (Fsp3) is 0.167. The quantitative estimate of drug-likeness (QED) is 0.633. The van der Waals surface area contributed by atoms with Gasteiger partial charge in [0.25, 0.3) is 11.8 Å². The number of hydrogen-bond donors (Lipinski definition) is 2. The fourth-order valence-electron chi connectivity index (χ4n) is 2.45. The molecule has 0 fully saturated rings. The van der Waals surface area contributed by atoms with E-state index in [0.29, 0.717) is 11.4 Å². The van der Waals surface area contributed by atoms with Crippen LogP contribution in [0.1, 0.15) is 26.6 Å². The van der Waals surface area contributed by atoms with E-state index in [1.165, 1.54) is 35.2 Å². The summed E-state index contributed by atoms with van der Waals surface area (Å²) in [5.41, 5.74) is 1.19. The lowest BCUT2D eigenvalue weighted by atomic mass is 10.2. The molecule has 0 saturated carbocycles. The lowest BCUT2D eigenvalue weighted by Gasteiger charge is -2.06. The van der Waals surface area contributed by atoms with Crippen molar-refractivity contribution in [3.8, 4) is 5.69 Å². The second kappa shape index (κ2) is 8.05. The van der Waals surface area contributed by atoms with E-state index < -0.39 is 5.91 Å². The third-order valence-corrected chi connectivity index (χ3v) is 4.09. The Morgan fingerprint density at radius 3 is 2.44 bits per heavy atom. The van der Waals surface area contributed by atoms with Gasteiger partial charge in [0.15, 0.2) is 5.76 Å². The molecule has 0 saturated heterocycles. The highest BCUT2D eigenvalue weighted by Crippen LogP contribution is 2.23. The molecule has 0 atom stereocenters. The average Bonchev–Trinajstić information content (AvgIpc) is 3.28. The lowest BCUT2D eigenvalue weighted by molar-refractivity contribution is 0.0910. The molecule has 0 bridgehead atoms. The van der Waals surface area contributed by atoms with Crippen LogP contribution < -0.4 is 10.6 Å². The molecule has 3 rings (SSSR count). The summed E-state index contributed by atoms with van der Waals surface area (Å²) in [4.78, 5) is 24.2. The number of rotatable bonds is 6. The zero-order valence-electron chi connectivity index (χ0n) is 14.3. The Labute approximate surface area is 159 Å². The number of halogens is 2. The summed E-state index contributed by atoms with van der Waals surface area (Å²) in [6, 6.07) is 8.74. The van der Waals surface area contributed by atoms with Crippen LogP contribution in [0.25, 0.3) is 5.69 Å². The Bertz CT molecular complexity index is 952. The van der Waals surface area contributed by atoms with Gasteiger partial charge in [-0.1, -0.05) is 11.6 Å². The van der Waals surface area contributed by atoms with Crippen molar-refractivity contribution in [3.05, 3.63) is 70.6 Å². The second-order valence-electron chi connectivity index (χ2n) is 5.63. The first kappa shape index (κ1) is 18.7. The van der Waals surface area contributed by atoms with E-state index in [9.17, 15) is 14.0 Å². The maximum Gasteiger partial charge on any atom is 0.287 e. The number of furan rings is 1. The van der Waals surface area contributed by atoms with Crippen molar-refractivity contribution in [1.29, 1.82) is 0 Å². The SMILES string of the molecule is Cc1nn(-c2ccc(F)cc2)c(Cl)c1C(=O)NCCNC(=O)c1ccco1. The van der Waals surface area contributed by atoms with Gasteiger partial charge in [-0.3, -0.25) is 9.59 Å². The molecular formula is C18H16ClFN4O3.